The smallest absolute Gasteiger partial charge is 0.324 e. The van der Waals surface area contributed by atoms with Crippen LogP contribution in [0.2, 0.25) is 6.82 Å². The van der Waals surface area contributed by atoms with Crippen molar-refractivity contribution in [2.24, 2.45) is 0 Å². The molecule has 0 atom stereocenters. The number of nitrogens with zero attached hydrogens (tertiary/aromatic N) is 4. The van der Waals surface area contributed by atoms with Crippen molar-refractivity contribution in [3.05, 3.63) is 55.0 Å². The number of ether oxygens (including phenoxy) is 1. The first-order valence-corrected chi connectivity index (χ1v) is 10.2. The van der Waals surface area contributed by atoms with Crippen LogP contribution in [0.15, 0.2) is 55.0 Å². The van der Waals surface area contributed by atoms with E-state index >= 15 is 0 Å². The maximum atomic E-state index is 13.3. The fourth-order valence-electron chi connectivity index (χ4n) is 3.96. The second kappa shape index (κ2) is 7.56. The molecule has 7 nitrogen and oxygen atoms in total. The van der Waals surface area contributed by atoms with Crippen molar-refractivity contribution in [1.82, 2.24) is 20.0 Å². The number of aromatic nitrogens is 4. The summed E-state index contributed by atoms with van der Waals surface area (Å²) >= 11 is 0. The Morgan fingerprint density at radius 1 is 1.25 bits per heavy atom. The van der Waals surface area contributed by atoms with Crippen molar-refractivity contribution in [3.8, 4) is 22.6 Å². The van der Waals surface area contributed by atoms with E-state index in [0.29, 0.717) is 28.1 Å². The maximum absolute atomic E-state index is 13.3. The lowest BCUT2D eigenvalue weighted by Gasteiger charge is -2.35. The zero-order chi connectivity index (χ0) is 22.5. The zero-order valence-corrected chi connectivity index (χ0v) is 17.2. The normalized spacial score (nSPS) is 15.5. The summed E-state index contributed by atoms with van der Waals surface area (Å²) in [6.45, 7) is 0.744. The van der Waals surface area contributed by atoms with E-state index < -0.39 is 18.9 Å². The molecule has 4 aromatic rings. The Labute approximate surface area is 182 Å². The fraction of sp³-hybridized carbons (Fsp3) is 0.227. The molecule has 10 heteroatoms. The molecule has 162 valence electrons. The first-order chi connectivity index (χ1) is 15.3. The molecule has 1 saturated carbocycles. The standard InChI is InChI=1S/C22H20BF2N5O2/c1-23(31)17-8-16(13-3-4-15-18(26)12-27-29-19(15)7-13)20(30-6-2-5-28-30)9-21(17)32-14-10-22(24,25)11-14/h2-9,12,14,31H,10-11H2,1H3,(H2,26,29). The molecule has 3 N–H and O–H groups in total. The van der Waals surface area contributed by atoms with Crippen LogP contribution in [0.3, 0.4) is 0 Å². The lowest BCUT2D eigenvalue weighted by atomic mass is 9.63. The molecular formula is C22H20BF2N5O2. The Hall–Kier alpha value is -3.53. The lowest BCUT2D eigenvalue weighted by molar-refractivity contribution is -0.134. The molecule has 32 heavy (non-hydrogen) atoms. The number of rotatable bonds is 5. The Kier molecular flexibility index (Phi) is 4.81. The van der Waals surface area contributed by atoms with E-state index in [4.69, 9.17) is 10.5 Å². The van der Waals surface area contributed by atoms with Crippen molar-refractivity contribution in [1.29, 1.82) is 0 Å². The van der Waals surface area contributed by atoms with Gasteiger partial charge in [-0.25, -0.2) is 13.5 Å². The van der Waals surface area contributed by atoms with Gasteiger partial charge in [0.2, 0.25) is 0 Å². The molecule has 2 heterocycles. The molecule has 0 aliphatic heterocycles. The van der Waals surface area contributed by atoms with Gasteiger partial charge in [-0.1, -0.05) is 19.0 Å². The van der Waals surface area contributed by atoms with Gasteiger partial charge in [0, 0.05) is 42.3 Å². The van der Waals surface area contributed by atoms with Gasteiger partial charge in [0.25, 0.3) is 5.92 Å². The molecular weight excluding hydrogens is 415 g/mol. The van der Waals surface area contributed by atoms with Crippen LogP contribution in [0.25, 0.3) is 27.7 Å². The van der Waals surface area contributed by atoms with E-state index in [0.717, 1.165) is 16.5 Å². The van der Waals surface area contributed by atoms with Crippen molar-refractivity contribution in [2.75, 3.05) is 5.73 Å². The van der Waals surface area contributed by atoms with Crippen molar-refractivity contribution in [3.63, 3.8) is 0 Å². The molecule has 0 radical (unpaired) electrons. The van der Waals surface area contributed by atoms with Crippen molar-refractivity contribution in [2.45, 2.75) is 31.7 Å². The molecule has 0 spiro atoms. The summed E-state index contributed by atoms with van der Waals surface area (Å²) in [5.41, 5.74) is 9.92. The summed E-state index contributed by atoms with van der Waals surface area (Å²) in [5, 5.41) is 23.6. The highest BCUT2D eigenvalue weighted by Crippen LogP contribution is 2.40. The molecule has 0 saturated heterocycles. The Morgan fingerprint density at radius 3 is 2.75 bits per heavy atom. The Morgan fingerprint density at radius 2 is 2.06 bits per heavy atom. The molecule has 5 rings (SSSR count). The number of benzene rings is 2. The third-order valence-corrected chi connectivity index (χ3v) is 5.66. The average molecular weight is 435 g/mol. The van der Waals surface area contributed by atoms with Gasteiger partial charge in [-0.2, -0.15) is 15.3 Å². The van der Waals surface area contributed by atoms with Crippen LogP contribution in [-0.4, -0.2) is 43.9 Å². The van der Waals surface area contributed by atoms with E-state index in [9.17, 15) is 13.8 Å². The number of alkyl halides is 2. The van der Waals surface area contributed by atoms with Gasteiger partial charge >= 0.3 is 6.92 Å². The van der Waals surface area contributed by atoms with E-state index in [2.05, 4.69) is 15.3 Å². The predicted molar refractivity (Wildman–Crippen MR) is 119 cm³/mol. The molecule has 0 bridgehead atoms. The second-order valence-electron chi connectivity index (χ2n) is 8.07. The molecule has 0 unspecified atom stereocenters. The van der Waals surface area contributed by atoms with Gasteiger partial charge in [-0.15, -0.1) is 0 Å². The first-order valence-electron chi connectivity index (χ1n) is 10.2. The largest absolute Gasteiger partial charge is 0.490 e. The van der Waals surface area contributed by atoms with Crippen molar-refractivity contribution < 1.29 is 18.5 Å². The van der Waals surface area contributed by atoms with E-state index in [1.165, 1.54) is 6.20 Å². The maximum Gasteiger partial charge on any atom is 0.324 e. The summed E-state index contributed by atoms with van der Waals surface area (Å²) in [6, 6.07) is 10.9. The summed E-state index contributed by atoms with van der Waals surface area (Å²) < 4.78 is 34.2. The number of anilines is 1. The summed E-state index contributed by atoms with van der Waals surface area (Å²) in [5.74, 6) is -2.34. The van der Waals surface area contributed by atoms with Gasteiger partial charge in [0.15, 0.2) is 0 Å². The topological polar surface area (TPSA) is 99.1 Å². The number of hydrogen-bond acceptors (Lipinski definition) is 6. The van der Waals surface area contributed by atoms with Gasteiger partial charge in [0.1, 0.15) is 11.9 Å². The van der Waals surface area contributed by atoms with Gasteiger partial charge in [-0.3, -0.25) is 0 Å². The van der Waals surface area contributed by atoms with Gasteiger partial charge < -0.3 is 15.5 Å². The quantitative estimate of drug-likeness (QED) is 0.468. The van der Waals surface area contributed by atoms with Crippen molar-refractivity contribution >= 4 is 29.0 Å². The van der Waals surface area contributed by atoms with Gasteiger partial charge in [0.05, 0.1) is 23.1 Å². The minimum Gasteiger partial charge on any atom is -0.490 e. The predicted octanol–water partition coefficient (Wildman–Crippen LogP) is 3.06. The molecule has 2 aromatic carbocycles. The number of nitrogens with two attached hydrogens (primary N) is 1. The summed E-state index contributed by atoms with van der Waals surface area (Å²) in [4.78, 5) is 0. The van der Waals surface area contributed by atoms with Crippen LogP contribution < -0.4 is 15.9 Å². The molecule has 0 amide bonds. The molecule has 1 fully saturated rings. The van der Waals surface area contributed by atoms with E-state index in [1.54, 1.807) is 42.1 Å². The lowest BCUT2D eigenvalue weighted by Crippen LogP contribution is -2.44. The average Bonchev–Trinajstić information content (AvgIpc) is 3.26. The SMILES string of the molecule is CB(O)c1cc(-c2ccc3c(N)cnnc3c2)c(-n2cccn2)cc1OC1CC(F)(F)C1. The minimum atomic E-state index is -2.70. The highest BCUT2D eigenvalue weighted by Gasteiger charge is 2.47. The molecule has 1 aliphatic rings. The first kappa shape index (κ1) is 20.4. The van der Waals surface area contributed by atoms with Gasteiger partial charge in [-0.05, 0) is 29.2 Å². The number of halogens is 2. The van der Waals surface area contributed by atoms with E-state index in [1.807, 2.05) is 18.2 Å². The number of hydrogen-bond donors (Lipinski definition) is 2. The van der Waals surface area contributed by atoms with Crippen LogP contribution in [0.1, 0.15) is 12.8 Å². The molecule has 1 aliphatic carbocycles. The third-order valence-electron chi connectivity index (χ3n) is 5.66. The zero-order valence-electron chi connectivity index (χ0n) is 17.2. The number of nitrogen functional groups attached to an aromatic ring is 1. The van der Waals surface area contributed by atoms with Crippen LogP contribution in [-0.2, 0) is 0 Å². The van der Waals surface area contributed by atoms with Crippen LogP contribution >= 0.6 is 0 Å². The van der Waals surface area contributed by atoms with Crippen LogP contribution in [0, 0.1) is 0 Å². The highest BCUT2D eigenvalue weighted by molar-refractivity contribution is 6.66. The third kappa shape index (κ3) is 3.66. The monoisotopic (exact) mass is 435 g/mol. The Balaban J connectivity index is 1.65. The second-order valence-corrected chi connectivity index (χ2v) is 8.07. The summed E-state index contributed by atoms with van der Waals surface area (Å²) in [7, 11) is 0. The van der Waals surface area contributed by atoms with Crippen LogP contribution in [0.4, 0.5) is 14.5 Å². The Bertz CT molecular complexity index is 1290. The summed E-state index contributed by atoms with van der Waals surface area (Å²) in [6.07, 6.45) is 3.65. The fourth-order valence-corrected chi connectivity index (χ4v) is 3.96. The van der Waals surface area contributed by atoms with Crippen LogP contribution in [0.5, 0.6) is 5.75 Å². The number of fused-ring (bicyclic) bond motifs is 1. The minimum absolute atomic E-state index is 0.337. The molecule has 2 aromatic heterocycles. The van der Waals surface area contributed by atoms with E-state index in [-0.39, 0.29) is 12.8 Å². The highest BCUT2D eigenvalue weighted by atomic mass is 19.3.